The third-order valence-corrected chi connectivity index (χ3v) is 5.38. The summed E-state index contributed by atoms with van der Waals surface area (Å²) >= 11 is 6.03. The van der Waals surface area contributed by atoms with E-state index in [1.807, 2.05) is 26.8 Å². The van der Waals surface area contributed by atoms with Gasteiger partial charge in [0.25, 0.3) is 0 Å². The van der Waals surface area contributed by atoms with Crippen LogP contribution in [0, 0.1) is 17.3 Å². The minimum absolute atomic E-state index is 0.148. The van der Waals surface area contributed by atoms with Crippen molar-refractivity contribution in [1.82, 2.24) is 5.32 Å². The molecule has 0 heterocycles. The summed E-state index contributed by atoms with van der Waals surface area (Å²) < 4.78 is 0. The van der Waals surface area contributed by atoms with Gasteiger partial charge >= 0.3 is 0 Å². The Labute approximate surface area is 160 Å². The van der Waals surface area contributed by atoms with Crippen LogP contribution in [0.15, 0.2) is 18.2 Å². The standard InChI is InChI=1S/C20H29ClN2O3/c1-20(2,3)18(25)17(24)15-5-4-6-16(15)19(26)23-11-13-9-14(21)8-7-12(13)10-22/h7-9,15-16,18,25H,4-6,10-11,22H2,1-3H3,(H,23,26)/t15?,16-,18+/m1/s1. The van der Waals surface area contributed by atoms with Crippen molar-refractivity contribution in [1.29, 1.82) is 0 Å². The van der Waals surface area contributed by atoms with Gasteiger partial charge in [0.2, 0.25) is 5.91 Å². The molecule has 0 bridgehead atoms. The van der Waals surface area contributed by atoms with Crippen LogP contribution >= 0.6 is 11.6 Å². The average Bonchev–Trinajstić information content (AvgIpc) is 3.07. The van der Waals surface area contributed by atoms with Gasteiger partial charge < -0.3 is 16.2 Å². The number of halogens is 1. The van der Waals surface area contributed by atoms with Crippen molar-refractivity contribution < 1.29 is 14.7 Å². The summed E-state index contributed by atoms with van der Waals surface area (Å²) in [7, 11) is 0. The molecule has 1 amide bonds. The number of hydrogen-bond donors (Lipinski definition) is 3. The first kappa shape index (κ1) is 20.9. The average molecular weight is 381 g/mol. The molecule has 1 unspecified atom stereocenters. The summed E-state index contributed by atoms with van der Waals surface area (Å²) in [6.07, 6.45) is 1.07. The number of nitrogens with one attached hydrogen (secondary N) is 1. The molecule has 4 N–H and O–H groups in total. The van der Waals surface area contributed by atoms with E-state index in [-0.39, 0.29) is 17.6 Å². The normalized spacial score (nSPS) is 21.5. The second-order valence-corrected chi connectivity index (χ2v) is 8.59. The number of amides is 1. The fourth-order valence-electron chi connectivity index (χ4n) is 3.52. The molecule has 0 radical (unpaired) electrons. The highest BCUT2D eigenvalue weighted by Gasteiger charge is 2.42. The van der Waals surface area contributed by atoms with Crippen LogP contribution < -0.4 is 11.1 Å². The van der Waals surface area contributed by atoms with Crippen LogP contribution in [-0.2, 0) is 22.7 Å². The molecular formula is C20H29ClN2O3. The summed E-state index contributed by atoms with van der Waals surface area (Å²) in [5.41, 5.74) is 7.01. The lowest BCUT2D eigenvalue weighted by Gasteiger charge is -2.28. The van der Waals surface area contributed by atoms with Crippen LogP contribution in [0.2, 0.25) is 5.02 Å². The second-order valence-electron chi connectivity index (χ2n) is 8.15. The van der Waals surface area contributed by atoms with Gasteiger partial charge in [-0.15, -0.1) is 0 Å². The summed E-state index contributed by atoms with van der Waals surface area (Å²) in [4.78, 5) is 25.3. The highest BCUT2D eigenvalue weighted by Crippen LogP contribution is 2.36. The summed E-state index contributed by atoms with van der Waals surface area (Å²) in [5.74, 6) is -1.18. The van der Waals surface area contributed by atoms with Gasteiger partial charge in [0.05, 0.1) is 0 Å². The lowest BCUT2D eigenvalue weighted by molar-refractivity contribution is -0.141. The maximum Gasteiger partial charge on any atom is 0.224 e. The van der Waals surface area contributed by atoms with E-state index in [1.165, 1.54) is 0 Å². The molecule has 26 heavy (non-hydrogen) atoms. The molecule has 1 aromatic rings. The third-order valence-electron chi connectivity index (χ3n) is 5.15. The zero-order chi connectivity index (χ0) is 19.5. The lowest BCUT2D eigenvalue weighted by atomic mass is 9.79. The molecule has 1 saturated carbocycles. The number of carbonyl (C=O) groups is 2. The first-order valence-corrected chi connectivity index (χ1v) is 9.49. The van der Waals surface area contributed by atoms with Gasteiger partial charge in [0.15, 0.2) is 5.78 Å². The molecule has 1 aliphatic rings. The molecular weight excluding hydrogens is 352 g/mol. The molecule has 3 atom stereocenters. The zero-order valence-electron chi connectivity index (χ0n) is 15.7. The van der Waals surface area contributed by atoms with Crippen molar-refractivity contribution in [2.75, 3.05) is 0 Å². The number of ketones is 1. The first-order chi connectivity index (χ1) is 12.1. The zero-order valence-corrected chi connectivity index (χ0v) is 16.5. The second kappa shape index (κ2) is 8.51. The van der Waals surface area contributed by atoms with Crippen LogP contribution in [0.3, 0.4) is 0 Å². The van der Waals surface area contributed by atoms with Crippen molar-refractivity contribution >= 4 is 23.3 Å². The predicted octanol–water partition coefficient (Wildman–Crippen LogP) is 2.81. The number of carbonyl (C=O) groups excluding carboxylic acids is 2. The Morgan fingerprint density at radius 2 is 1.92 bits per heavy atom. The number of benzene rings is 1. The molecule has 144 valence electrons. The number of nitrogens with two attached hydrogens (primary N) is 1. The number of hydrogen-bond acceptors (Lipinski definition) is 4. The molecule has 0 aromatic heterocycles. The molecule has 2 rings (SSSR count). The molecule has 0 saturated heterocycles. The smallest absolute Gasteiger partial charge is 0.224 e. The minimum Gasteiger partial charge on any atom is -0.385 e. The Hall–Kier alpha value is -1.43. The van der Waals surface area contributed by atoms with E-state index in [0.717, 1.165) is 17.5 Å². The Kier molecular flexibility index (Phi) is 6.83. The van der Waals surface area contributed by atoms with Crippen molar-refractivity contribution in [2.45, 2.75) is 59.2 Å². The van der Waals surface area contributed by atoms with Crippen LogP contribution in [0.1, 0.15) is 51.2 Å². The van der Waals surface area contributed by atoms with E-state index >= 15 is 0 Å². The van der Waals surface area contributed by atoms with Crippen molar-refractivity contribution in [2.24, 2.45) is 23.0 Å². The molecule has 0 aliphatic heterocycles. The van der Waals surface area contributed by atoms with E-state index in [0.29, 0.717) is 31.0 Å². The van der Waals surface area contributed by atoms with Gasteiger partial charge in [-0.1, -0.05) is 44.9 Å². The van der Waals surface area contributed by atoms with Crippen molar-refractivity contribution in [3.05, 3.63) is 34.3 Å². The van der Waals surface area contributed by atoms with Gasteiger partial charge in [-0.2, -0.15) is 0 Å². The van der Waals surface area contributed by atoms with Crippen LogP contribution in [0.25, 0.3) is 0 Å². The van der Waals surface area contributed by atoms with Crippen LogP contribution in [-0.4, -0.2) is 22.9 Å². The van der Waals surface area contributed by atoms with E-state index in [9.17, 15) is 14.7 Å². The molecule has 6 heteroatoms. The monoisotopic (exact) mass is 380 g/mol. The Balaban J connectivity index is 2.05. The Morgan fingerprint density at radius 1 is 1.27 bits per heavy atom. The summed E-state index contributed by atoms with van der Waals surface area (Å²) in [6, 6.07) is 5.42. The SMILES string of the molecule is CC(C)(C)[C@@H](O)C(=O)C1CCC[C@H]1C(=O)NCc1cc(Cl)ccc1CN. The Morgan fingerprint density at radius 3 is 2.54 bits per heavy atom. The van der Waals surface area contributed by atoms with E-state index in [4.69, 9.17) is 17.3 Å². The fraction of sp³-hybridized carbons (Fsp3) is 0.600. The largest absolute Gasteiger partial charge is 0.385 e. The molecule has 1 fully saturated rings. The van der Waals surface area contributed by atoms with Gasteiger partial charge in [0.1, 0.15) is 6.10 Å². The van der Waals surface area contributed by atoms with E-state index < -0.39 is 17.4 Å². The Bertz CT molecular complexity index is 670. The van der Waals surface area contributed by atoms with Gasteiger partial charge in [-0.05, 0) is 41.5 Å². The van der Waals surface area contributed by atoms with E-state index in [2.05, 4.69) is 5.32 Å². The first-order valence-electron chi connectivity index (χ1n) is 9.12. The number of rotatable bonds is 6. The highest BCUT2D eigenvalue weighted by atomic mass is 35.5. The van der Waals surface area contributed by atoms with Crippen molar-refractivity contribution in [3.8, 4) is 0 Å². The number of aliphatic hydroxyl groups excluding tert-OH is 1. The van der Waals surface area contributed by atoms with Gasteiger partial charge in [-0.3, -0.25) is 9.59 Å². The number of Topliss-reactive ketones (excluding diaryl/α,β-unsaturated/α-hetero) is 1. The van der Waals surface area contributed by atoms with E-state index in [1.54, 1.807) is 12.1 Å². The lowest BCUT2D eigenvalue weighted by Crippen LogP contribution is -2.42. The third kappa shape index (κ3) is 4.84. The summed E-state index contributed by atoms with van der Waals surface area (Å²) in [5, 5.41) is 13.8. The van der Waals surface area contributed by atoms with Gasteiger partial charge in [0, 0.05) is 29.9 Å². The molecule has 1 aliphatic carbocycles. The van der Waals surface area contributed by atoms with Crippen molar-refractivity contribution in [3.63, 3.8) is 0 Å². The topological polar surface area (TPSA) is 92.4 Å². The predicted molar refractivity (Wildman–Crippen MR) is 102 cm³/mol. The highest BCUT2D eigenvalue weighted by molar-refractivity contribution is 6.30. The van der Waals surface area contributed by atoms with Gasteiger partial charge in [-0.25, -0.2) is 0 Å². The van der Waals surface area contributed by atoms with Crippen LogP contribution in [0.4, 0.5) is 0 Å². The quantitative estimate of drug-likeness (QED) is 0.707. The summed E-state index contributed by atoms with van der Waals surface area (Å²) in [6.45, 7) is 6.17. The van der Waals surface area contributed by atoms with Crippen LogP contribution in [0.5, 0.6) is 0 Å². The molecule has 1 aromatic carbocycles. The minimum atomic E-state index is -1.06. The number of aliphatic hydroxyl groups is 1. The molecule has 5 nitrogen and oxygen atoms in total. The molecule has 0 spiro atoms. The maximum absolute atomic E-state index is 12.7. The fourth-order valence-corrected chi connectivity index (χ4v) is 3.71. The maximum atomic E-state index is 12.7.